The van der Waals surface area contributed by atoms with Gasteiger partial charge in [-0.05, 0) is 88.9 Å². The van der Waals surface area contributed by atoms with Crippen molar-refractivity contribution >= 4 is 44.6 Å². The third-order valence-corrected chi connectivity index (χ3v) is 10.4. The van der Waals surface area contributed by atoms with Gasteiger partial charge in [0.25, 0.3) is 0 Å². The molecule has 2 aromatic carbocycles. The molecule has 11 heteroatoms. The number of hydrogen-bond acceptors (Lipinski definition) is 9. The fraction of sp³-hybridized carbons (Fsp3) is 0.467. The van der Waals surface area contributed by atoms with Crippen LogP contribution in [0.25, 0.3) is 0 Å². The van der Waals surface area contributed by atoms with E-state index in [-0.39, 0.29) is 22.6 Å². The number of ether oxygens (including phenoxy) is 1. The Morgan fingerprint density at radius 1 is 1.17 bits per heavy atom. The Kier molecular flexibility index (Phi) is 8.75. The predicted molar refractivity (Wildman–Crippen MR) is 163 cm³/mol. The van der Waals surface area contributed by atoms with Gasteiger partial charge in [0.2, 0.25) is 5.95 Å². The first kappa shape index (κ1) is 29.6. The van der Waals surface area contributed by atoms with Crippen molar-refractivity contribution in [1.82, 2.24) is 14.9 Å². The lowest BCUT2D eigenvalue weighted by molar-refractivity contribution is 0.164. The van der Waals surface area contributed by atoms with E-state index in [0.29, 0.717) is 23.4 Å². The van der Waals surface area contributed by atoms with Gasteiger partial charge in [0.15, 0.2) is 15.7 Å². The second-order valence-electron chi connectivity index (χ2n) is 11.2. The Bertz CT molecular complexity index is 1520. The van der Waals surface area contributed by atoms with Crippen molar-refractivity contribution < 1.29 is 18.3 Å². The van der Waals surface area contributed by atoms with Crippen LogP contribution < -0.4 is 15.4 Å². The lowest BCUT2D eigenvalue weighted by Crippen LogP contribution is -2.35. The highest BCUT2D eigenvalue weighted by Crippen LogP contribution is 2.46. The van der Waals surface area contributed by atoms with E-state index in [4.69, 9.17) is 16.3 Å². The topological polar surface area (TPSA) is 117 Å². The molecule has 1 fully saturated rings. The van der Waals surface area contributed by atoms with Crippen molar-refractivity contribution in [2.45, 2.75) is 69.1 Å². The van der Waals surface area contributed by atoms with E-state index in [9.17, 15) is 13.5 Å². The summed E-state index contributed by atoms with van der Waals surface area (Å²) in [5.41, 5.74) is 5.00. The number of β-amino-alcohol motifs (C(OH)–C–C–N with tert-alkyl or cyclic N) is 1. The lowest BCUT2D eigenvalue weighted by atomic mass is 9.82. The first-order valence-corrected chi connectivity index (χ1v) is 16.1. The normalized spacial score (nSPS) is 17.9. The summed E-state index contributed by atoms with van der Waals surface area (Å²) in [4.78, 5) is 11.5. The van der Waals surface area contributed by atoms with Gasteiger partial charge in [-0.25, -0.2) is 13.4 Å². The Morgan fingerprint density at radius 2 is 1.90 bits per heavy atom. The second-order valence-corrected chi connectivity index (χ2v) is 14.0. The van der Waals surface area contributed by atoms with Crippen LogP contribution in [0.1, 0.15) is 56.2 Å². The van der Waals surface area contributed by atoms with Crippen LogP contribution in [0.4, 0.5) is 23.1 Å². The number of likely N-dealkylation sites (tertiary alicyclic amines) is 1. The van der Waals surface area contributed by atoms with Gasteiger partial charge in [0, 0.05) is 18.5 Å². The predicted octanol–water partition coefficient (Wildman–Crippen LogP) is 5.60. The van der Waals surface area contributed by atoms with E-state index in [1.54, 1.807) is 38.1 Å². The van der Waals surface area contributed by atoms with Crippen LogP contribution in [-0.2, 0) is 16.3 Å². The minimum Gasteiger partial charge on any atom is -0.488 e. The van der Waals surface area contributed by atoms with Gasteiger partial charge in [-0.15, -0.1) is 0 Å². The van der Waals surface area contributed by atoms with Crippen LogP contribution in [-0.4, -0.2) is 66.0 Å². The number of anilines is 4. The molecule has 0 amide bonds. The summed E-state index contributed by atoms with van der Waals surface area (Å²) in [5.74, 6) is 1.89. The molecule has 41 heavy (non-hydrogen) atoms. The van der Waals surface area contributed by atoms with Crippen LogP contribution in [0.15, 0.2) is 41.4 Å². The van der Waals surface area contributed by atoms with E-state index < -0.39 is 15.1 Å². The van der Waals surface area contributed by atoms with Crippen molar-refractivity contribution in [2.24, 2.45) is 0 Å². The van der Waals surface area contributed by atoms with E-state index in [1.807, 2.05) is 0 Å². The number of sulfone groups is 1. The molecule has 1 aromatic heterocycles. The molecule has 0 radical (unpaired) electrons. The molecule has 2 aliphatic rings. The Hall–Kier alpha value is -2.92. The van der Waals surface area contributed by atoms with E-state index in [1.165, 1.54) is 22.9 Å². The molecule has 1 saturated heterocycles. The number of para-hydroxylation sites is 1. The Balaban J connectivity index is 1.43. The summed E-state index contributed by atoms with van der Waals surface area (Å²) in [6.45, 7) is 10.4. The zero-order valence-corrected chi connectivity index (χ0v) is 25.5. The SMILES string of the molecule is Cc1cc(Nc2ncc(Cl)c(Nc3ccccc3S(=O)(=O)C(C)C)n2)c2c(c1C1CCN(CCO)CC1)C[C@H](C)O2. The number of nitrogens with one attached hydrogen (secondary N) is 2. The summed E-state index contributed by atoms with van der Waals surface area (Å²) < 4.78 is 32.2. The average molecular weight is 600 g/mol. The van der Waals surface area contributed by atoms with Gasteiger partial charge in [-0.3, -0.25) is 0 Å². The monoisotopic (exact) mass is 599 g/mol. The highest BCUT2D eigenvalue weighted by atomic mass is 35.5. The minimum atomic E-state index is -3.53. The van der Waals surface area contributed by atoms with Crippen molar-refractivity contribution in [2.75, 3.05) is 36.9 Å². The maximum absolute atomic E-state index is 12.9. The molecule has 0 saturated carbocycles. The maximum Gasteiger partial charge on any atom is 0.229 e. The van der Waals surface area contributed by atoms with Crippen molar-refractivity contribution in [3.05, 3.63) is 58.2 Å². The zero-order chi connectivity index (χ0) is 29.3. The number of benzene rings is 2. The van der Waals surface area contributed by atoms with Crippen molar-refractivity contribution in [1.29, 1.82) is 0 Å². The number of nitrogens with zero attached hydrogens (tertiary/aromatic N) is 3. The highest BCUT2D eigenvalue weighted by molar-refractivity contribution is 7.92. The molecule has 5 rings (SSSR count). The third kappa shape index (κ3) is 6.16. The molecular weight excluding hydrogens is 562 g/mol. The molecule has 1 atom stereocenters. The number of aryl methyl sites for hydroxylation is 1. The molecule has 0 spiro atoms. The molecule has 3 aromatic rings. The van der Waals surface area contributed by atoms with Gasteiger partial charge >= 0.3 is 0 Å². The smallest absolute Gasteiger partial charge is 0.229 e. The fourth-order valence-electron chi connectivity index (χ4n) is 5.83. The minimum absolute atomic E-state index is 0.0587. The summed E-state index contributed by atoms with van der Waals surface area (Å²) in [6.07, 6.45) is 4.50. The zero-order valence-electron chi connectivity index (χ0n) is 23.9. The fourth-order valence-corrected chi connectivity index (χ4v) is 7.17. The standard InChI is InChI=1S/C30H38ClN5O4S/c1-18(2)41(38,39)26-8-6-5-7-24(26)33-29-23(31)17-32-30(35-29)34-25-15-19(3)27(22-16-20(4)40-28(22)25)21-9-11-36(12-10-21)13-14-37/h5-8,15,17-18,20-21,37H,9-14,16H2,1-4H3,(H2,32,33,34,35)/t20-/m0/s1. The number of hydrogen-bond donors (Lipinski definition) is 3. The maximum atomic E-state index is 12.9. The number of aliphatic hydroxyl groups is 1. The lowest BCUT2D eigenvalue weighted by Gasteiger charge is -2.33. The largest absolute Gasteiger partial charge is 0.488 e. The first-order valence-electron chi connectivity index (χ1n) is 14.1. The molecule has 0 unspecified atom stereocenters. The summed E-state index contributed by atoms with van der Waals surface area (Å²) in [6, 6.07) is 8.83. The van der Waals surface area contributed by atoms with Gasteiger partial charge < -0.3 is 25.4 Å². The number of rotatable bonds is 9. The van der Waals surface area contributed by atoms with E-state index in [2.05, 4.69) is 45.4 Å². The Morgan fingerprint density at radius 3 is 2.61 bits per heavy atom. The molecular formula is C30H38ClN5O4S. The molecule has 220 valence electrons. The average Bonchev–Trinajstić information content (AvgIpc) is 3.33. The van der Waals surface area contributed by atoms with Crippen LogP contribution in [0.3, 0.4) is 0 Å². The van der Waals surface area contributed by atoms with Gasteiger partial charge in [-0.1, -0.05) is 23.7 Å². The van der Waals surface area contributed by atoms with Crippen LogP contribution in [0, 0.1) is 6.92 Å². The van der Waals surface area contributed by atoms with Gasteiger partial charge in [0.1, 0.15) is 16.9 Å². The Labute approximate surface area is 247 Å². The summed E-state index contributed by atoms with van der Waals surface area (Å²) >= 11 is 6.45. The molecule has 0 aliphatic carbocycles. The number of halogens is 1. The van der Waals surface area contributed by atoms with E-state index >= 15 is 0 Å². The summed E-state index contributed by atoms with van der Waals surface area (Å²) in [7, 11) is -3.53. The van der Waals surface area contributed by atoms with Crippen molar-refractivity contribution in [3.8, 4) is 5.75 Å². The van der Waals surface area contributed by atoms with Gasteiger partial charge in [0.05, 0.1) is 34.3 Å². The number of fused-ring (bicyclic) bond motifs is 1. The third-order valence-electron chi connectivity index (χ3n) is 7.91. The van der Waals surface area contributed by atoms with Gasteiger partial charge in [-0.2, -0.15) is 4.98 Å². The highest BCUT2D eigenvalue weighted by Gasteiger charge is 2.32. The van der Waals surface area contributed by atoms with Crippen molar-refractivity contribution in [3.63, 3.8) is 0 Å². The molecule has 9 nitrogen and oxygen atoms in total. The van der Waals surface area contributed by atoms with Crippen LogP contribution in [0.5, 0.6) is 5.75 Å². The molecule has 2 aliphatic heterocycles. The van der Waals surface area contributed by atoms with Crippen LogP contribution in [0.2, 0.25) is 5.02 Å². The van der Waals surface area contributed by atoms with Crippen LogP contribution >= 0.6 is 11.6 Å². The quantitative estimate of drug-likeness (QED) is 0.289. The molecule has 3 heterocycles. The summed E-state index contributed by atoms with van der Waals surface area (Å²) in [5, 5.41) is 15.4. The van der Waals surface area contributed by atoms with E-state index in [0.717, 1.165) is 50.3 Å². The second kappa shape index (κ2) is 12.1. The number of aromatic nitrogens is 2. The molecule has 3 N–H and O–H groups in total. The number of aliphatic hydroxyl groups excluding tert-OH is 1. The first-order chi connectivity index (χ1) is 19.6. The molecule has 0 bridgehead atoms. The number of piperidine rings is 1.